The van der Waals surface area contributed by atoms with Crippen molar-refractivity contribution in [1.82, 2.24) is 4.37 Å². The third-order valence-corrected chi connectivity index (χ3v) is 3.62. The average molecular weight is 270 g/mol. The molecular formula is C11H14N2O4S. The molecule has 6 nitrogen and oxygen atoms in total. The van der Waals surface area contributed by atoms with Crippen molar-refractivity contribution in [2.24, 2.45) is 0 Å². The number of hydrogen-bond donors (Lipinski definition) is 2. The van der Waals surface area contributed by atoms with Crippen LogP contribution in [0.2, 0.25) is 0 Å². The number of carboxylic acid groups (broad SMARTS) is 1. The number of rotatable bonds is 4. The van der Waals surface area contributed by atoms with Crippen molar-refractivity contribution in [3.8, 4) is 0 Å². The summed E-state index contributed by atoms with van der Waals surface area (Å²) < 4.78 is 9.29. The summed E-state index contributed by atoms with van der Waals surface area (Å²) in [5, 5.41) is 11.9. The molecule has 2 heterocycles. The van der Waals surface area contributed by atoms with Crippen molar-refractivity contribution < 1.29 is 19.4 Å². The van der Waals surface area contributed by atoms with Gasteiger partial charge in [-0.1, -0.05) is 0 Å². The number of hydrogen-bond acceptors (Lipinski definition) is 5. The summed E-state index contributed by atoms with van der Waals surface area (Å²) in [5.41, 5.74) is 0.487. The van der Waals surface area contributed by atoms with Gasteiger partial charge >= 0.3 is 5.97 Å². The van der Waals surface area contributed by atoms with Crippen LogP contribution in [0, 0.1) is 6.92 Å². The lowest BCUT2D eigenvalue weighted by Crippen LogP contribution is -2.19. The molecule has 2 rings (SSSR count). The normalized spacial score (nSPS) is 18.8. The van der Waals surface area contributed by atoms with Crippen LogP contribution in [0.4, 0.5) is 5.00 Å². The van der Waals surface area contributed by atoms with Crippen LogP contribution in [0.5, 0.6) is 0 Å². The van der Waals surface area contributed by atoms with Gasteiger partial charge in [-0.25, -0.2) is 4.79 Å². The van der Waals surface area contributed by atoms with E-state index in [2.05, 4.69) is 9.69 Å². The molecule has 1 aliphatic heterocycles. The number of ether oxygens (including phenoxy) is 1. The Balaban J connectivity index is 2.00. The SMILES string of the molecule is Cc1nsc(NC(=O)CC2CCCO2)c1C(=O)O. The lowest BCUT2D eigenvalue weighted by atomic mass is 10.2. The smallest absolute Gasteiger partial charge is 0.340 e. The van der Waals surface area contributed by atoms with Gasteiger partial charge in [0.2, 0.25) is 5.91 Å². The van der Waals surface area contributed by atoms with Crippen molar-refractivity contribution in [2.75, 3.05) is 11.9 Å². The van der Waals surface area contributed by atoms with Gasteiger partial charge in [-0.2, -0.15) is 4.37 Å². The molecule has 1 saturated heterocycles. The largest absolute Gasteiger partial charge is 0.478 e. The minimum absolute atomic E-state index is 0.0488. The van der Waals surface area contributed by atoms with E-state index in [1.807, 2.05) is 0 Å². The van der Waals surface area contributed by atoms with Gasteiger partial charge in [0, 0.05) is 6.61 Å². The Labute approximate surface area is 108 Å². The van der Waals surface area contributed by atoms with Gasteiger partial charge in [-0.15, -0.1) is 0 Å². The molecule has 1 unspecified atom stereocenters. The predicted molar refractivity (Wildman–Crippen MR) is 66.0 cm³/mol. The molecule has 0 aromatic carbocycles. The van der Waals surface area contributed by atoms with Gasteiger partial charge in [-0.05, 0) is 31.3 Å². The maximum Gasteiger partial charge on any atom is 0.340 e. The first-order valence-corrected chi connectivity index (χ1v) is 6.46. The highest BCUT2D eigenvalue weighted by Gasteiger charge is 2.22. The van der Waals surface area contributed by atoms with Gasteiger partial charge in [-0.3, -0.25) is 4.79 Å². The molecule has 0 bridgehead atoms. The molecule has 1 atom stereocenters. The quantitative estimate of drug-likeness (QED) is 0.868. The van der Waals surface area contributed by atoms with E-state index in [4.69, 9.17) is 9.84 Å². The fraction of sp³-hybridized carbons (Fsp3) is 0.545. The minimum atomic E-state index is -1.08. The highest BCUT2D eigenvalue weighted by Crippen LogP contribution is 2.25. The van der Waals surface area contributed by atoms with E-state index >= 15 is 0 Å². The third kappa shape index (κ3) is 2.85. The molecule has 2 N–H and O–H groups in total. The number of carbonyl (C=O) groups is 2. The number of aryl methyl sites for hydroxylation is 1. The molecule has 1 aliphatic rings. The van der Waals surface area contributed by atoms with E-state index < -0.39 is 5.97 Å². The summed E-state index contributed by atoms with van der Waals surface area (Å²) in [7, 11) is 0. The number of carbonyl (C=O) groups excluding carboxylic acids is 1. The van der Waals surface area contributed by atoms with Crippen molar-refractivity contribution in [3.05, 3.63) is 11.3 Å². The van der Waals surface area contributed by atoms with E-state index in [0.29, 0.717) is 17.3 Å². The Morgan fingerprint density at radius 2 is 2.39 bits per heavy atom. The highest BCUT2D eigenvalue weighted by atomic mass is 32.1. The first kappa shape index (κ1) is 13.0. The molecule has 7 heteroatoms. The zero-order chi connectivity index (χ0) is 13.1. The monoisotopic (exact) mass is 270 g/mol. The van der Waals surface area contributed by atoms with Crippen molar-refractivity contribution >= 4 is 28.4 Å². The predicted octanol–water partition coefficient (Wildman–Crippen LogP) is 1.66. The lowest BCUT2D eigenvalue weighted by Gasteiger charge is -2.08. The summed E-state index contributed by atoms with van der Waals surface area (Å²) in [6.45, 7) is 2.30. The maximum atomic E-state index is 11.7. The molecule has 1 aromatic heterocycles. The molecule has 1 fully saturated rings. The number of nitrogens with zero attached hydrogens (tertiary/aromatic N) is 1. The zero-order valence-electron chi connectivity index (χ0n) is 9.93. The molecule has 0 aliphatic carbocycles. The van der Waals surface area contributed by atoms with E-state index in [0.717, 1.165) is 24.4 Å². The number of aromatic nitrogens is 1. The van der Waals surface area contributed by atoms with Crippen molar-refractivity contribution in [1.29, 1.82) is 0 Å². The van der Waals surface area contributed by atoms with Gasteiger partial charge < -0.3 is 15.2 Å². The lowest BCUT2D eigenvalue weighted by molar-refractivity contribution is -0.118. The van der Waals surface area contributed by atoms with Crippen LogP contribution in [-0.4, -0.2) is 34.1 Å². The maximum absolute atomic E-state index is 11.7. The van der Waals surface area contributed by atoms with Crippen LogP contribution in [0.1, 0.15) is 35.3 Å². The number of carboxylic acids is 1. The number of nitrogens with one attached hydrogen (secondary N) is 1. The molecule has 0 spiro atoms. The summed E-state index contributed by atoms with van der Waals surface area (Å²) in [6.07, 6.45) is 2.06. The van der Waals surface area contributed by atoms with Crippen molar-refractivity contribution in [3.63, 3.8) is 0 Å². The van der Waals surface area contributed by atoms with E-state index in [1.54, 1.807) is 6.92 Å². The van der Waals surface area contributed by atoms with Crippen LogP contribution in [-0.2, 0) is 9.53 Å². The number of anilines is 1. The van der Waals surface area contributed by atoms with Crippen LogP contribution >= 0.6 is 11.5 Å². The Hall–Kier alpha value is -1.47. The fourth-order valence-electron chi connectivity index (χ4n) is 1.90. The standard InChI is InChI=1S/C11H14N2O4S/c1-6-9(11(15)16)10(18-13-6)12-8(14)5-7-3-2-4-17-7/h7H,2-5H2,1H3,(H,12,14)(H,15,16). The van der Waals surface area contributed by atoms with E-state index in [-0.39, 0.29) is 24.0 Å². The molecule has 1 amide bonds. The van der Waals surface area contributed by atoms with Gasteiger partial charge in [0.25, 0.3) is 0 Å². The van der Waals surface area contributed by atoms with Crippen LogP contribution in [0.3, 0.4) is 0 Å². The molecule has 18 heavy (non-hydrogen) atoms. The van der Waals surface area contributed by atoms with Gasteiger partial charge in [0.15, 0.2) is 0 Å². The molecule has 0 saturated carbocycles. The summed E-state index contributed by atoms with van der Waals surface area (Å²) >= 11 is 0.987. The van der Waals surface area contributed by atoms with Crippen LogP contribution < -0.4 is 5.32 Å². The van der Waals surface area contributed by atoms with Crippen LogP contribution in [0.15, 0.2) is 0 Å². The summed E-state index contributed by atoms with van der Waals surface area (Å²) in [5.74, 6) is -1.30. The minimum Gasteiger partial charge on any atom is -0.478 e. The van der Waals surface area contributed by atoms with E-state index in [9.17, 15) is 9.59 Å². The Bertz CT molecular complexity index is 466. The Kier molecular flexibility index (Phi) is 3.93. The first-order valence-electron chi connectivity index (χ1n) is 5.69. The summed E-state index contributed by atoms with van der Waals surface area (Å²) in [6, 6.07) is 0. The molecule has 0 radical (unpaired) electrons. The third-order valence-electron chi connectivity index (χ3n) is 2.77. The fourth-order valence-corrected chi connectivity index (χ4v) is 2.70. The number of aromatic carboxylic acids is 1. The molecular weight excluding hydrogens is 256 g/mol. The Morgan fingerprint density at radius 3 is 3.00 bits per heavy atom. The second-order valence-corrected chi connectivity index (χ2v) is 4.94. The Morgan fingerprint density at radius 1 is 1.61 bits per heavy atom. The van der Waals surface area contributed by atoms with Crippen LogP contribution in [0.25, 0.3) is 0 Å². The highest BCUT2D eigenvalue weighted by molar-refractivity contribution is 7.11. The number of amides is 1. The van der Waals surface area contributed by atoms with Gasteiger partial charge in [0.1, 0.15) is 10.6 Å². The topological polar surface area (TPSA) is 88.5 Å². The molecule has 1 aromatic rings. The van der Waals surface area contributed by atoms with Gasteiger partial charge in [0.05, 0.1) is 18.2 Å². The first-order chi connectivity index (χ1) is 8.58. The van der Waals surface area contributed by atoms with Crippen molar-refractivity contribution in [2.45, 2.75) is 32.3 Å². The zero-order valence-corrected chi connectivity index (χ0v) is 10.7. The molecule has 98 valence electrons. The average Bonchev–Trinajstić information content (AvgIpc) is 2.88. The second kappa shape index (κ2) is 5.45. The second-order valence-electron chi connectivity index (χ2n) is 4.16. The van der Waals surface area contributed by atoms with E-state index in [1.165, 1.54) is 0 Å². The summed E-state index contributed by atoms with van der Waals surface area (Å²) in [4.78, 5) is 22.8.